The first-order valence-electron chi connectivity index (χ1n) is 8.84. The SMILES string of the molecule is COc1cc(Cl)cc(C)c1NCc1ccc(C(C)(C)N2CCC2)cc1. The molecular formula is C21H27ClN2O. The van der Waals surface area contributed by atoms with Crippen LogP contribution in [-0.2, 0) is 12.1 Å². The van der Waals surface area contributed by atoms with Crippen molar-refractivity contribution in [3.8, 4) is 5.75 Å². The van der Waals surface area contributed by atoms with Crippen LogP contribution in [0.4, 0.5) is 5.69 Å². The van der Waals surface area contributed by atoms with Gasteiger partial charge in [0.2, 0.25) is 0 Å². The number of hydrogen-bond donors (Lipinski definition) is 1. The van der Waals surface area contributed by atoms with Crippen LogP contribution in [0, 0.1) is 6.92 Å². The molecule has 0 bridgehead atoms. The highest BCUT2D eigenvalue weighted by Gasteiger charge is 2.32. The first-order valence-corrected chi connectivity index (χ1v) is 9.22. The number of nitrogens with zero attached hydrogens (tertiary/aromatic N) is 1. The topological polar surface area (TPSA) is 24.5 Å². The molecule has 0 spiro atoms. The zero-order chi connectivity index (χ0) is 18.0. The summed E-state index contributed by atoms with van der Waals surface area (Å²) in [6, 6.07) is 12.7. The molecule has 1 heterocycles. The number of methoxy groups -OCH3 is 1. The molecule has 0 radical (unpaired) electrons. The molecular weight excluding hydrogens is 332 g/mol. The molecule has 0 amide bonds. The quantitative estimate of drug-likeness (QED) is 0.767. The molecule has 2 aromatic rings. The molecule has 0 unspecified atom stereocenters. The second-order valence-corrected chi connectivity index (χ2v) is 7.69. The molecule has 4 heteroatoms. The summed E-state index contributed by atoms with van der Waals surface area (Å²) in [6.07, 6.45) is 1.31. The van der Waals surface area contributed by atoms with Crippen LogP contribution in [-0.4, -0.2) is 25.1 Å². The summed E-state index contributed by atoms with van der Waals surface area (Å²) in [4.78, 5) is 2.53. The van der Waals surface area contributed by atoms with Gasteiger partial charge in [0, 0.05) is 36.3 Å². The molecule has 3 nitrogen and oxygen atoms in total. The summed E-state index contributed by atoms with van der Waals surface area (Å²) in [5.74, 6) is 0.778. The number of anilines is 1. The number of likely N-dealkylation sites (tertiary alicyclic amines) is 1. The fourth-order valence-electron chi connectivity index (χ4n) is 3.38. The summed E-state index contributed by atoms with van der Waals surface area (Å²) in [5, 5.41) is 4.18. The standard InChI is InChI=1S/C21H27ClN2O/c1-15-12-18(22)13-19(25-4)20(15)23-14-16-6-8-17(9-7-16)21(2,3)24-10-5-11-24/h6-9,12-13,23H,5,10-11,14H2,1-4H3. The van der Waals surface area contributed by atoms with Gasteiger partial charge in [0.05, 0.1) is 12.8 Å². The third kappa shape index (κ3) is 3.78. The lowest BCUT2D eigenvalue weighted by Crippen LogP contribution is -2.49. The monoisotopic (exact) mass is 358 g/mol. The van der Waals surface area contributed by atoms with Crippen molar-refractivity contribution < 1.29 is 4.74 Å². The predicted octanol–water partition coefficient (Wildman–Crippen LogP) is 5.21. The largest absolute Gasteiger partial charge is 0.495 e. The average molecular weight is 359 g/mol. The Kier molecular flexibility index (Phi) is 5.26. The predicted molar refractivity (Wildman–Crippen MR) is 106 cm³/mol. The third-order valence-electron chi connectivity index (χ3n) is 5.26. The first kappa shape index (κ1) is 18.1. The molecule has 1 fully saturated rings. The second kappa shape index (κ2) is 7.27. The zero-order valence-corrected chi connectivity index (χ0v) is 16.3. The van der Waals surface area contributed by atoms with Gasteiger partial charge in [-0.25, -0.2) is 0 Å². The molecule has 1 aliphatic rings. The van der Waals surface area contributed by atoms with Crippen molar-refractivity contribution in [3.63, 3.8) is 0 Å². The molecule has 1 N–H and O–H groups in total. The van der Waals surface area contributed by atoms with E-state index in [-0.39, 0.29) is 5.54 Å². The van der Waals surface area contributed by atoms with Crippen LogP contribution in [0.15, 0.2) is 36.4 Å². The Labute approximate surface area is 155 Å². The Balaban J connectivity index is 1.70. The Bertz CT molecular complexity index is 736. The fourth-order valence-corrected chi connectivity index (χ4v) is 3.64. The van der Waals surface area contributed by atoms with Gasteiger partial charge in [-0.1, -0.05) is 35.9 Å². The van der Waals surface area contributed by atoms with Gasteiger partial charge in [-0.2, -0.15) is 0 Å². The van der Waals surface area contributed by atoms with Crippen molar-refractivity contribution in [3.05, 3.63) is 58.1 Å². The van der Waals surface area contributed by atoms with E-state index in [2.05, 4.69) is 48.3 Å². The highest BCUT2D eigenvalue weighted by atomic mass is 35.5. The minimum Gasteiger partial charge on any atom is -0.495 e. The Morgan fingerprint density at radius 1 is 1.16 bits per heavy atom. The molecule has 1 aliphatic heterocycles. The molecule has 0 aliphatic carbocycles. The van der Waals surface area contributed by atoms with E-state index in [0.29, 0.717) is 5.02 Å². The summed E-state index contributed by atoms with van der Waals surface area (Å²) >= 11 is 6.11. The van der Waals surface area contributed by atoms with Crippen molar-refractivity contribution in [1.82, 2.24) is 4.90 Å². The summed E-state index contributed by atoms with van der Waals surface area (Å²) in [6.45, 7) is 9.80. The van der Waals surface area contributed by atoms with Gasteiger partial charge >= 0.3 is 0 Å². The van der Waals surface area contributed by atoms with E-state index in [1.807, 2.05) is 19.1 Å². The van der Waals surface area contributed by atoms with Crippen LogP contribution in [0.1, 0.15) is 37.0 Å². The van der Waals surface area contributed by atoms with E-state index in [1.54, 1.807) is 7.11 Å². The van der Waals surface area contributed by atoms with Gasteiger partial charge in [-0.3, -0.25) is 4.90 Å². The highest BCUT2D eigenvalue weighted by Crippen LogP contribution is 2.33. The van der Waals surface area contributed by atoms with Crippen LogP contribution in [0.2, 0.25) is 5.02 Å². The van der Waals surface area contributed by atoms with Crippen LogP contribution in [0.25, 0.3) is 0 Å². The highest BCUT2D eigenvalue weighted by molar-refractivity contribution is 6.31. The number of nitrogens with one attached hydrogen (secondary N) is 1. The van der Waals surface area contributed by atoms with Crippen LogP contribution < -0.4 is 10.1 Å². The van der Waals surface area contributed by atoms with E-state index in [4.69, 9.17) is 16.3 Å². The van der Waals surface area contributed by atoms with Gasteiger partial charge in [0.25, 0.3) is 0 Å². The lowest BCUT2D eigenvalue weighted by Gasteiger charge is -2.45. The first-order chi connectivity index (χ1) is 11.9. The van der Waals surface area contributed by atoms with E-state index >= 15 is 0 Å². The molecule has 0 aromatic heterocycles. The minimum absolute atomic E-state index is 0.111. The average Bonchev–Trinajstić information content (AvgIpc) is 2.51. The van der Waals surface area contributed by atoms with E-state index in [1.165, 1.54) is 30.6 Å². The minimum atomic E-state index is 0.111. The molecule has 2 aromatic carbocycles. The van der Waals surface area contributed by atoms with Crippen LogP contribution in [0.3, 0.4) is 0 Å². The van der Waals surface area contributed by atoms with Gasteiger partial charge in [0.1, 0.15) is 5.75 Å². The van der Waals surface area contributed by atoms with Gasteiger partial charge < -0.3 is 10.1 Å². The van der Waals surface area contributed by atoms with Gasteiger partial charge in [-0.15, -0.1) is 0 Å². The van der Waals surface area contributed by atoms with Crippen LogP contribution in [0.5, 0.6) is 5.75 Å². The molecule has 3 rings (SSSR count). The zero-order valence-electron chi connectivity index (χ0n) is 15.5. The molecule has 25 heavy (non-hydrogen) atoms. The molecule has 134 valence electrons. The van der Waals surface area contributed by atoms with E-state index in [9.17, 15) is 0 Å². The Morgan fingerprint density at radius 3 is 2.40 bits per heavy atom. The number of aryl methyl sites for hydroxylation is 1. The van der Waals surface area contributed by atoms with Gasteiger partial charge in [-0.05, 0) is 49.9 Å². The van der Waals surface area contributed by atoms with Crippen molar-refractivity contribution >= 4 is 17.3 Å². The van der Waals surface area contributed by atoms with Crippen molar-refractivity contribution in [2.24, 2.45) is 0 Å². The fraction of sp³-hybridized carbons (Fsp3) is 0.429. The Morgan fingerprint density at radius 2 is 1.84 bits per heavy atom. The normalized spacial score (nSPS) is 14.9. The number of benzene rings is 2. The number of rotatable bonds is 6. The second-order valence-electron chi connectivity index (χ2n) is 7.25. The smallest absolute Gasteiger partial charge is 0.143 e. The summed E-state index contributed by atoms with van der Waals surface area (Å²) in [7, 11) is 1.67. The number of ether oxygens (including phenoxy) is 1. The number of halogens is 1. The maximum absolute atomic E-state index is 6.11. The molecule has 0 saturated carbocycles. The summed E-state index contributed by atoms with van der Waals surface area (Å²) < 4.78 is 5.45. The molecule has 0 atom stereocenters. The summed E-state index contributed by atoms with van der Waals surface area (Å²) in [5.41, 5.74) is 4.81. The Hall–Kier alpha value is -1.71. The van der Waals surface area contributed by atoms with Crippen molar-refractivity contribution in [1.29, 1.82) is 0 Å². The van der Waals surface area contributed by atoms with Gasteiger partial charge in [0.15, 0.2) is 0 Å². The van der Waals surface area contributed by atoms with Crippen molar-refractivity contribution in [2.45, 2.75) is 39.3 Å². The maximum Gasteiger partial charge on any atom is 0.143 e. The third-order valence-corrected chi connectivity index (χ3v) is 5.48. The van der Waals surface area contributed by atoms with E-state index < -0.39 is 0 Å². The lowest BCUT2D eigenvalue weighted by atomic mass is 9.89. The number of hydrogen-bond acceptors (Lipinski definition) is 3. The lowest BCUT2D eigenvalue weighted by molar-refractivity contribution is 0.0533. The maximum atomic E-state index is 6.11. The molecule has 1 saturated heterocycles. The van der Waals surface area contributed by atoms with Crippen molar-refractivity contribution in [2.75, 3.05) is 25.5 Å². The van der Waals surface area contributed by atoms with Crippen LogP contribution >= 0.6 is 11.6 Å². The van der Waals surface area contributed by atoms with E-state index in [0.717, 1.165) is 23.5 Å².